The van der Waals surface area contributed by atoms with E-state index in [1.807, 2.05) is 48.1 Å². The van der Waals surface area contributed by atoms with Crippen molar-refractivity contribution in [2.24, 2.45) is 0 Å². The number of rotatable bonds is 9. The number of hydrogen-bond acceptors (Lipinski definition) is 4. The number of benzene rings is 6. The smallest absolute Gasteiger partial charge is 0.135 e. The summed E-state index contributed by atoms with van der Waals surface area (Å²) in [6, 6.07) is 49.6. The molecule has 8 aromatic rings. The molecular weight excluding hydrogens is 863 g/mol. The zero-order valence-electron chi connectivity index (χ0n) is 30.8. The number of nitrogens with zero attached hydrogens (tertiary/aromatic N) is 4. The van der Waals surface area contributed by atoms with E-state index in [-0.39, 0.29) is 26.9 Å². The molecule has 0 atom stereocenters. The molecule has 55 heavy (non-hydrogen) atoms. The summed E-state index contributed by atoms with van der Waals surface area (Å²) in [4.78, 5) is 8.91. The molecular formula is C48H38FN4OPt-3. The summed E-state index contributed by atoms with van der Waals surface area (Å²) in [5.74, 6) is 1.70. The fourth-order valence-electron chi connectivity index (χ4n) is 7.70. The molecule has 0 saturated heterocycles. The Morgan fingerprint density at radius 2 is 1.42 bits per heavy atom. The summed E-state index contributed by atoms with van der Waals surface area (Å²) in [7, 11) is 0. The van der Waals surface area contributed by atoms with Crippen molar-refractivity contribution in [3.63, 3.8) is 0 Å². The summed E-state index contributed by atoms with van der Waals surface area (Å²) in [6.07, 6.45) is 4.57. The summed E-state index contributed by atoms with van der Waals surface area (Å²) in [5.41, 5.74) is 11.4. The second kappa shape index (κ2) is 15.2. The van der Waals surface area contributed by atoms with Gasteiger partial charge in [-0.2, -0.15) is 6.07 Å². The average Bonchev–Trinajstić information content (AvgIpc) is 3.76. The second-order valence-corrected chi connectivity index (χ2v) is 13.5. The molecule has 1 aliphatic heterocycles. The van der Waals surface area contributed by atoms with Gasteiger partial charge in [-0.3, -0.25) is 0 Å². The topological polar surface area (TPSA) is 33.5 Å². The number of fused-ring (bicyclic) bond motifs is 4. The number of halogens is 1. The first-order chi connectivity index (χ1) is 26.5. The van der Waals surface area contributed by atoms with Gasteiger partial charge in [-0.15, -0.1) is 53.6 Å². The minimum Gasteiger partial charge on any atom is -0.509 e. The number of hydrogen-bond donors (Lipinski definition) is 0. The maximum atomic E-state index is 14.5. The monoisotopic (exact) mass is 900 g/mol. The van der Waals surface area contributed by atoms with Gasteiger partial charge in [0.25, 0.3) is 0 Å². The van der Waals surface area contributed by atoms with Crippen molar-refractivity contribution >= 4 is 44.6 Å². The standard InChI is InChI=1S/C48H38FN4O.Pt/c1-4-32-23-24-50-47(25-32)53-43-18-8-7-17-41(43)42-22-21-39(30-46(42)53)54-40-27-35(48-33(5-2)13-11-14-34(48)6-3)26-38(29-40)52-31-51(37-16-12-15-36(49)28-37)44-19-9-10-20-45(44)52;/h7-28,31H,4-6H2,1-3H3;/q-3;. The zero-order valence-corrected chi connectivity index (χ0v) is 33.1. The van der Waals surface area contributed by atoms with Crippen molar-refractivity contribution in [2.45, 2.75) is 40.0 Å². The first-order valence-electron chi connectivity index (χ1n) is 18.6. The molecule has 0 bridgehead atoms. The number of pyridine rings is 1. The van der Waals surface area contributed by atoms with Crippen molar-refractivity contribution in [1.82, 2.24) is 9.55 Å². The normalized spacial score (nSPS) is 12.3. The van der Waals surface area contributed by atoms with Gasteiger partial charge in [-0.25, -0.2) is 9.37 Å². The van der Waals surface area contributed by atoms with Gasteiger partial charge in [-0.05, 0) is 95.4 Å². The van der Waals surface area contributed by atoms with E-state index >= 15 is 0 Å². The molecule has 1 aliphatic rings. The Bertz CT molecular complexity index is 2660. The largest absolute Gasteiger partial charge is 0.509 e. The third-order valence-electron chi connectivity index (χ3n) is 10.3. The average molecular weight is 901 g/mol. The third kappa shape index (κ3) is 6.59. The molecule has 0 saturated carbocycles. The fraction of sp³-hybridized carbons (Fsp3) is 0.125. The molecule has 0 unspecified atom stereocenters. The van der Waals surface area contributed by atoms with Crippen molar-refractivity contribution < 1.29 is 30.2 Å². The molecule has 0 fully saturated rings. The molecule has 9 rings (SSSR count). The Labute approximate surface area is 335 Å². The fourth-order valence-corrected chi connectivity index (χ4v) is 7.70. The van der Waals surface area contributed by atoms with E-state index in [0.29, 0.717) is 11.5 Å². The first-order valence-corrected chi connectivity index (χ1v) is 18.6. The summed E-state index contributed by atoms with van der Waals surface area (Å²) >= 11 is 0. The number of ether oxygens (including phenoxy) is 1. The third-order valence-corrected chi connectivity index (χ3v) is 10.3. The zero-order chi connectivity index (χ0) is 36.8. The van der Waals surface area contributed by atoms with E-state index < -0.39 is 0 Å². The van der Waals surface area contributed by atoms with Crippen molar-refractivity contribution in [3.8, 4) is 28.4 Å². The summed E-state index contributed by atoms with van der Waals surface area (Å²) < 4.78 is 23.5. The molecule has 0 amide bonds. The molecule has 276 valence electrons. The van der Waals surface area contributed by atoms with E-state index in [1.54, 1.807) is 12.1 Å². The quantitative estimate of drug-likeness (QED) is 0.135. The van der Waals surface area contributed by atoms with E-state index in [2.05, 4.69) is 121 Å². The molecule has 6 aromatic carbocycles. The van der Waals surface area contributed by atoms with Crippen LogP contribution in [0.1, 0.15) is 37.5 Å². The molecule has 7 heteroatoms. The van der Waals surface area contributed by atoms with Gasteiger partial charge in [-0.1, -0.05) is 80.9 Å². The van der Waals surface area contributed by atoms with Crippen LogP contribution in [0.4, 0.5) is 27.1 Å². The van der Waals surface area contributed by atoms with E-state index in [4.69, 9.17) is 9.72 Å². The Hall–Kier alpha value is -5.71. The molecule has 2 aromatic heterocycles. The van der Waals surface area contributed by atoms with Gasteiger partial charge in [0.15, 0.2) is 0 Å². The van der Waals surface area contributed by atoms with Crippen LogP contribution in [0.25, 0.3) is 38.8 Å². The van der Waals surface area contributed by atoms with Gasteiger partial charge in [0.05, 0.1) is 0 Å². The SMILES string of the molecule is CCc1ccnc(-n2c3[c-]c(Oc4[c-]c(N5[CH-]N(c6cccc(F)c6)c6ccccc65)cc(-c5c(CC)cccc5CC)c4)ccc3c3ccccc32)c1.[Pt]. The predicted molar refractivity (Wildman–Crippen MR) is 218 cm³/mol. The summed E-state index contributed by atoms with van der Waals surface area (Å²) in [5, 5.41) is 2.20. The van der Waals surface area contributed by atoms with Gasteiger partial charge in [0.1, 0.15) is 11.6 Å². The number of aryl methyl sites for hydroxylation is 3. The molecule has 0 N–H and O–H groups in total. The van der Waals surface area contributed by atoms with Crippen LogP contribution in [0.5, 0.6) is 11.5 Å². The Balaban J connectivity index is 0.00000427. The molecule has 0 spiro atoms. The van der Waals surface area contributed by atoms with Crippen LogP contribution in [0.15, 0.2) is 134 Å². The van der Waals surface area contributed by atoms with Gasteiger partial charge in [0.2, 0.25) is 0 Å². The van der Waals surface area contributed by atoms with Crippen LogP contribution in [-0.4, -0.2) is 9.55 Å². The maximum Gasteiger partial charge on any atom is 0.135 e. The second-order valence-electron chi connectivity index (χ2n) is 13.5. The predicted octanol–water partition coefficient (Wildman–Crippen LogP) is 12.5. The number of aromatic nitrogens is 2. The van der Waals surface area contributed by atoms with Crippen LogP contribution in [0, 0.1) is 24.6 Å². The van der Waals surface area contributed by atoms with Crippen molar-refractivity contribution in [3.05, 3.63) is 175 Å². The molecule has 0 aliphatic carbocycles. The molecule has 5 nitrogen and oxygen atoms in total. The van der Waals surface area contributed by atoms with Gasteiger partial charge >= 0.3 is 0 Å². The minimum absolute atomic E-state index is 0. The van der Waals surface area contributed by atoms with E-state index in [1.165, 1.54) is 28.3 Å². The van der Waals surface area contributed by atoms with Crippen LogP contribution in [-0.2, 0) is 40.3 Å². The van der Waals surface area contributed by atoms with Crippen LogP contribution < -0.4 is 14.5 Å². The minimum atomic E-state index is -0.287. The van der Waals surface area contributed by atoms with Crippen molar-refractivity contribution in [1.29, 1.82) is 0 Å². The maximum absolute atomic E-state index is 14.5. The van der Waals surface area contributed by atoms with Crippen LogP contribution in [0.2, 0.25) is 0 Å². The summed E-state index contributed by atoms with van der Waals surface area (Å²) in [6.45, 7) is 8.55. The molecule has 3 heterocycles. The van der Waals surface area contributed by atoms with Gasteiger partial charge < -0.3 is 19.1 Å². The van der Waals surface area contributed by atoms with E-state index in [9.17, 15) is 4.39 Å². The van der Waals surface area contributed by atoms with Gasteiger partial charge in [0, 0.05) is 61.3 Å². The molecule has 0 radical (unpaired) electrons. The number of anilines is 4. The van der Waals surface area contributed by atoms with Crippen molar-refractivity contribution in [2.75, 3.05) is 9.80 Å². The first kappa shape index (κ1) is 36.3. The van der Waals surface area contributed by atoms with E-state index in [0.717, 1.165) is 75.2 Å². The number of para-hydroxylation sites is 3. The Morgan fingerprint density at radius 3 is 2.18 bits per heavy atom. The Kier molecular flexibility index (Phi) is 10.0. The van der Waals surface area contributed by atoms with Crippen LogP contribution in [0.3, 0.4) is 0 Å². The van der Waals surface area contributed by atoms with Crippen LogP contribution >= 0.6 is 0 Å². The Morgan fingerprint density at radius 1 is 0.673 bits per heavy atom.